The van der Waals surface area contributed by atoms with E-state index in [2.05, 4.69) is 30.4 Å². The molecule has 3 heteroatoms. The lowest BCUT2D eigenvalue weighted by Crippen LogP contribution is -2.09. The van der Waals surface area contributed by atoms with Gasteiger partial charge in [-0.2, -0.15) is 0 Å². The van der Waals surface area contributed by atoms with Crippen molar-refractivity contribution in [3.63, 3.8) is 0 Å². The van der Waals surface area contributed by atoms with Crippen LogP contribution in [0.1, 0.15) is 36.1 Å². The topological polar surface area (TPSA) is 41.5 Å². The first kappa shape index (κ1) is 14.0. The zero-order valence-electron chi connectivity index (χ0n) is 12.3. The molecule has 1 aliphatic rings. The van der Waals surface area contributed by atoms with E-state index in [-0.39, 0.29) is 12.6 Å². The van der Waals surface area contributed by atoms with Gasteiger partial charge in [0.2, 0.25) is 0 Å². The van der Waals surface area contributed by atoms with E-state index in [1.807, 2.05) is 24.3 Å². The molecule has 2 aromatic carbocycles. The quantitative estimate of drug-likeness (QED) is 0.879. The van der Waals surface area contributed by atoms with E-state index in [1.54, 1.807) is 0 Å². The molecule has 0 radical (unpaired) electrons. The van der Waals surface area contributed by atoms with Crippen LogP contribution in [0.15, 0.2) is 42.5 Å². The highest BCUT2D eigenvalue weighted by Gasteiger charge is 2.16. The molecule has 1 unspecified atom stereocenters. The Morgan fingerprint density at radius 1 is 1.19 bits per heavy atom. The van der Waals surface area contributed by atoms with Crippen LogP contribution in [0, 0.1) is 0 Å². The van der Waals surface area contributed by atoms with Gasteiger partial charge in [-0.1, -0.05) is 25.1 Å². The lowest BCUT2D eigenvalue weighted by Gasteiger charge is -2.19. The molecule has 1 atom stereocenters. The van der Waals surface area contributed by atoms with Gasteiger partial charge in [-0.3, -0.25) is 0 Å². The maximum atomic E-state index is 9.09. The van der Waals surface area contributed by atoms with Gasteiger partial charge in [-0.05, 0) is 47.4 Å². The van der Waals surface area contributed by atoms with Crippen molar-refractivity contribution in [2.24, 2.45) is 0 Å². The average Bonchev–Trinajstić information content (AvgIpc) is 3.00. The molecule has 0 aromatic heterocycles. The van der Waals surface area contributed by atoms with Crippen LogP contribution < -0.4 is 10.1 Å². The van der Waals surface area contributed by atoms with Crippen molar-refractivity contribution in [3.05, 3.63) is 59.2 Å². The Labute approximate surface area is 125 Å². The highest BCUT2D eigenvalue weighted by atomic mass is 16.5. The molecule has 1 heterocycles. The normalized spacial score (nSPS) is 14.4. The molecule has 3 nitrogen and oxygen atoms in total. The Morgan fingerprint density at radius 2 is 2.00 bits per heavy atom. The Morgan fingerprint density at radius 3 is 2.71 bits per heavy atom. The maximum absolute atomic E-state index is 9.09. The molecule has 0 amide bonds. The van der Waals surface area contributed by atoms with Gasteiger partial charge in [-0.25, -0.2) is 0 Å². The van der Waals surface area contributed by atoms with Crippen LogP contribution in [-0.2, 0) is 13.0 Å². The summed E-state index contributed by atoms with van der Waals surface area (Å²) < 4.78 is 5.57. The van der Waals surface area contributed by atoms with Gasteiger partial charge in [0, 0.05) is 12.1 Å². The molecule has 0 aliphatic carbocycles. The van der Waals surface area contributed by atoms with E-state index >= 15 is 0 Å². The molecule has 0 spiro atoms. The van der Waals surface area contributed by atoms with Crippen LogP contribution >= 0.6 is 0 Å². The first-order valence-electron chi connectivity index (χ1n) is 7.52. The summed E-state index contributed by atoms with van der Waals surface area (Å²) in [6, 6.07) is 14.7. The van der Waals surface area contributed by atoms with Gasteiger partial charge in [0.1, 0.15) is 5.75 Å². The molecular weight excluding hydrogens is 262 g/mol. The zero-order chi connectivity index (χ0) is 14.7. The molecule has 1 aliphatic heterocycles. The van der Waals surface area contributed by atoms with Crippen molar-refractivity contribution in [2.75, 3.05) is 11.9 Å². The third-order valence-corrected chi connectivity index (χ3v) is 4.00. The van der Waals surface area contributed by atoms with Crippen LogP contribution in [0.3, 0.4) is 0 Å². The second-order valence-corrected chi connectivity index (χ2v) is 5.43. The lowest BCUT2D eigenvalue weighted by atomic mass is 10.0. The predicted octanol–water partition coefficient (Wildman–Crippen LogP) is 3.68. The number of aliphatic hydroxyl groups excluding tert-OH is 1. The fraction of sp³-hybridized carbons (Fsp3) is 0.333. The number of anilines is 1. The number of rotatable bonds is 5. The van der Waals surface area contributed by atoms with Crippen molar-refractivity contribution in [1.82, 2.24) is 0 Å². The fourth-order valence-corrected chi connectivity index (χ4v) is 2.75. The maximum Gasteiger partial charge on any atom is 0.122 e. The summed E-state index contributed by atoms with van der Waals surface area (Å²) in [5.74, 6) is 1.03. The molecule has 0 saturated heterocycles. The summed E-state index contributed by atoms with van der Waals surface area (Å²) in [7, 11) is 0. The molecule has 0 bridgehead atoms. The average molecular weight is 283 g/mol. The standard InChI is InChI=1S/C18H21NO2/c1-2-17(19-16-6-3-13(12-20)4-7-16)14-5-8-18-15(11-14)9-10-21-18/h3-8,11,17,19-20H,2,9-10,12H2,1H3. The number of aliphatic hydroxyl groups is 1. The molecule has 0 fully saturated rings. The van der Waals surface area contributed by atoms with E-state index in [0.29, 0.717) is 0 Å². The minimum absolute atomic E-state index is 0.0856. The van der Waals surface area contributed by atoms with Crippen LogP contribution in [0.4, 0.5) is 5.69 Å². The van der Waals surface area contributed by atoms with Gasteiger partial charge in [0.05, 0.1) is 19.3 Å². The second kappa shape index (κ2) is 6.19. The largest absolute Gasteiger partial charge is 0.493 e. The van der Waals surface area contributed by atoms with Crippen molar-refractivity contribution in [3.8, 4) is 5.75 Å². The molecular formula is C18H21NO2. The van der Waals surface area contributed by atoms with Crippen LogP contribution in [0.25, 0.3) is 0 Å². The number of fused-ring (bicyclic) bond motifs is 1. The molecule has 21 heavy (non-hydrogen) atoms. The smallest absolute Gasteiger partial charge is 0.122 e. The summed E-state index contributed by atoms with van der Waals surface area (Å²) in [6.45, 7) is 3.07. The highest BCUT2D eigenvalue weighted by molar-refractivity contribution is 5.48. The minimum atomic E-state index is 0.0856. The molecule has 0 saturated carbocycles. The van der Waals surface area contributed by atoms with Gasteiger partial charge >= 0.3 is 0 Å². The van der Waals surface area contributed by atoms with Crippen LogP contribution in [0.5, 0.6) is 5.75 Å². The fourth-order valence-electron chi connectivity index (χ4n) is 2.75. The van der Waals surface area contributed by atoms with Crippen LogP contribution in [0.2, 0.25) is 0 Å². The Balaban J connectivity index is 1.78. The van der Waals surface area contributed by atoms with Crippen molar-refractivity contribution < 1.29 is 9.84 Å². The van der Waals surface area contributed by atoms with Gasteiger partial charge in [0.25, 0.3) is 0 Å². The number of hydrogen-bond donors (Lipinski definition) is 2. The van der Waals surface area contributed by atoms with Crippen molar-refractivity contribution >= 4 is 5.69 Å². The minimum Gasteiger partial charge on any atom is -0.493 e. The summed E-state index contributed by atoms with van der Waals surface area (Å²) in [6.07, 6.45) is 2.02. The number of nitrogens with one attached hydrogen (secondary N) is 1. The summed E-state index contributed by atoms with van der Waals surface area (Å²) in [5.41, 5.74) is 4.62. The first-order chi connectivity index (χ1) is 10.3. The molecule has 110 valence electrons. The SMILES string of the molecule is CCC(Nc1ccc(CO)cc1)c1ccc2c(c1)CCO2. The second-order valence-electron chi connectivity index (χ2n) is 5.43. The molecule has 2 aromatic rings. The van der Waals surface area contributed by atoms with Crippen LogP contribution in [-0.4, -0.2) is 11.7 Å². The van der Waals surface area contributed by atoms with Gasteiger partial charge < -0.3 is 15.2 Å². The molecule has 2 N–H and O–H groups in total. The van der Waals surface area contributed by atoms with E-state index < -0.39 is 0 Å². The summed E-state index contributed by atoms with van der Waals surface area (Å²) in [5, 5.41) is 12.7. The lowest BCUT2D eigenvalue weighted by molar-refractivity contribution is 0.282. The van der Waals surface area contributed by atoms with Crippen molar-refractivity contribution in [1.29, 1.82) is 0 Å². The Bertz CT molecular complexity index is 607. The summed E-state index contributed by atoms with van der Waals surface area (Å²) >= 11 is 0. The van der Waals surface area contributed by atoms with E-state index in [0.717, 1.165) is 36.4 Å². The Hall–Kier alpha value is -2.00. The monoisotopic (exact) mass is 283 g/mol. The van der Waals surface area contributed by atoms with E-state index in [1.165, 1.54) is 11.1 Å². The first-order valence-corrected chi connectivity index (χ1v) is 7.52. The number of benzene rings is 2. The number of ether oxygens (including phenoxy) is 1. The third-order valence-electron chi connectivity index (χ3n) is 4.00. The van der Waals surface area contributed by atoms with Gasteiger partial charge in [-0.15, -0.1) is 0 Å². The van der Waals surface area contributed by atoms with E-state index in [9.17, 15) is 0 Å². The van der Waals surface area contributed by atoms with Gasteiger partial charge in [0.15, 0.2) is 0 Å². The van der Waals surface area contributed by atoms with Crippen molar-refractivity contribution in [2.45, 2.75) is 32.4 Å². The zero-order valence-corrected chi connectivity index (χ0v) is 12.3. The number of hydrogen-bond acceptors (Lipinski definition) is 3. The predicted molar refractivity (Wildman–Crippen MR) is 84.7 cm³/mol. The molecule has 3 rings (SSSR count). The highest BCUT2D eigenvalue weighted by Crippen LogP contribution is 2.30. The summed E-state index contributed by atoms with van der Waals surface area (Å²) in [4.78, 5) is 0. The third kappa shape index (κ3) is 3.03. The Kier molecular flexibility index (Phi) is 4.11. The van der Waals surface area contributed by atoms with E-state index in [4.69, 9.17) is 9.84 Å².